The Kier molecular flexibility index (Phi) is 7.61. The Morgan fingerprint density at radius 3 is 2.44 bits per heavy atom. The van der Waals surface area contributed by atoms with Gasteiger partial charge in [0.2, 0.25) is 10.0 Å². The van der Waals surface area contributed by atoms with Gasteiger partial charge in [-0.05, 0) is 68.3 Å². The molecule has 3 aromatic rings. The van der Waals surface area contributed by atoms with E-state index in [1.165, 1.54) is 10.4 Å². The van der Waals surface area contributed by atoms with Gasteiger partial charge in [0.1, 0.15) is 11.6 Å². The molecule has 0 atom stereocenters. The summed E-state index contributed by atoms with van der Waals surface area (Å²) in [4.78, 5) is 14.9. The minimum Gasteiger partial charge on any atom is -0.492 e. The van der Waals surface area contributed by atoms with Crippen LogP contribution in [-0.4, -0.2) is 51.4 Å². The average molecular weight is 512 g/mol. The van der Waals surface area contributed by atoms with Gasteiger partial charge in [-0.15, -0.1) is 0 Å². The van der Waals surface area contributed by atoms with Gasteiger partial charge < -0.3 is 15.0 Å². The van der Waals surface area contributed by atoms with Crippen LogP contribution in [0.1, 0.15) is 28.4 Å². The van der Waals surface area contributed by atoms with E-state index in [0.717, 1.165) is 28.9 Å². The predicted octanol–water partition coefficient (Wildman–Crippen LogP) is 4.60. The second-order valence-electron chi connectivity index (χ2n) is 8.71. The van der Waals surface area contributed by atoms with E-state index in [1.54, 1.807) is 24.3 Å². The van der Waals surface area contributed by atoms with Crippen molar-refractivity contribution in [2.75, 3.05) is 43.0 Å². The number of sulfonamides is 1. The SMILES string of the molecule is CCOc1ccccc1NC(=O)c1cc(S(=O)(=O)N2CCN(c3cc(C)ccc3C)CC2)ccc1F. The molecule has 3 aromatic carbocycles. The van der Waals surface area contributed by atoms with Gasteiger partial charge in [-0.3, -0.25) is 4.79 Å². The van der Waals surface area contributed by atoms with Crippen LogP contribution in [0.25, 0.3) is 0 Å². The van der Waals surface area contributed by atoms with Gasteiger partial charge in [0, 0.05) is 31.9 Å². The number of piperazine rings is 1. The molecule has 7 nitrogen and oxygen atoms in total. The van der Waals surface area contributed by atoms with Gasteiger partial charge in [-0.1, -0.05) is 24.3 Å². The van der Waals surface area contributed by atoms with E-state index in [1.807, 2.05) is 20.8 Å². The maximum absolute atomic E-state index is 14.6. The summed E-state index contributed by atoms with van der Waals surface area (Å²) in [6.45, 7) is 7.92. The number of ether oxygens (including phenoxy) is 1. The third kappa shape index (κ3) is 5.37. The van der Waals surface area contributed by atoms with Crippen molar-refractivity contribution < 1.29 is 22.3 Å². The third-order valence-electron chi connectivity index (χ3n) is 6.20. The zero-order chi connectivity index (χ0) is 25.9. The number of hydrogen-bond acceptors (Lipinski definition) is 5. The molecule has 9 heteroatoms. The molecule has 4 rings (SSSR count). The van der Waals surface area contributed by atoms with Crippen LogP contribution < -0.4 is 15.0 Å². The molecular formula is C27H30FN3O4S. The topological polar surface area (TPSA) is 78.9 Å². The molecule has 36 heavy (non-hydrogen) atoms. The molecule has 1 aliphatic rings. The highest BCUT2D eigenvalue weighted by Gasteiger charge is 2.30. The number of nitrogens with one attached hydrogen (secondary N) is 1. The molecule has 190 valence electrons. The van der Waals surface area contributed by atoms with E-state index < -0.39 is 21.7 Å². The van der Waals surface area contributed by atoms with E-state index in [0.29, 0.717) is 31.1 Å². The number of anilines is 2. The first kappa shape index (κ1) is 25.7. The van der Waals surface area contributed by atoms with Crippen molar-refractivity contribution in [2.45, 2.75) is 25.7 Å². The molecular weight excluding hydrogens is 481 g/mol. The van der Waals surface area contributed by atoms with Crippen LogP contribution in [0.15, 0.2) is 65.6 Å². The first-order valence-electron chi connectivity index (χ1n) is 11.9. The zero-order valence-electron chi connectivity index (χ0n) is 20.6. The molecule has 1 saturated heterocycles. The lowest BCUT2D eigenvalue weighted by atomic mass is 10.1. The highest BCUT2D eigenvalue weighted by molar-refractivity contribution is 7.89. The Hall–Kier alpha value is -3.43. The van der Waals surface area contributed by atoms with E-state index in [9.17, 15) is 17.6 Å². The number of halogens is 1. The van der Waals surface area contributed by atoms with Crippen molar-refractivity contribution in [3.63, 3.8) is 0 Å². The summed E-state index contributed by atoms with van der Waals surface area (Å²) in [5.74, 6) is -1.12. The van der Waals surface area contributed by atoms with Crippen LogP contribution in [0.3, 0.4) is 0 Å². The number of carbonyl (C=O) groups excluding carboxylic acids is 1. The summed E-state index contributed by atoms with van der Waals surface area (Å²) >= 11 is 0. The Balaban J connectivity index is 1.52. The number of rotatable bonds is 7. The largest absolute Gasteiger partial charge is 0.492 e. The Morgan fingerprint density at radius 1 is 1.00 bits per heavy atom. The van der Waals surface area contributed by atoms with Crippen molar-refractivity contribution in [3.8, 4) is 5.75 Å². The monoisotopic (exact) mass is 511 g/mol. The minimum absolute atomic E-state index is 0.118. The normalized spacial score (nSPS) is 14.5. The summed E-state index contributed by atoms with van der Waals surface area (Å²) in [7, 11) is -3.91. The van der Waals surface area contributed by atoms with Gasteiger partial charge in [0.15, 0.2) is 0 Å². The molecule has 1 N–H and O–H groups in total. The highest BCUT2D eigenvalue weighted by Crippen LogP contribution is 2.27. The van der Waals surface area contributed by atoms with Gasteiger partial charge in [-0.25, -0.2) is 12.8 Å². The van der Waals surface area contributed by atoms with Crippen LogP contribution in [0.2, 0.25) is 0 Å². The number of carbonyl (C=O) groups is 1. The summed E-state index contributed by atoms with van der Waals surface area (Å²) in [6.07, 6.45) is 0. The fourth-order valence-corrected chi connectivity index (χ4v) is 5.71. The molecule has 1 fully saturated rings. The first-order chi connectivity index (χ1) is 17.2. The van der Waals surface area contributed by atoms with Crippen LogP contribution in [0.4, 0.5) is 15.8 Å². The molecule has 1 heterocycles. The lowest BCUT2D eigenvalue weighted by Gasteiger charge is -2.36. The quantitative estimate of drug-likeness (QED) is 0.502. The van der Waals surface area contributed by atoms with Crippen molar-refractivity contribution >= 4 is 27.3 Å². The Labute approximate surface area is 211 Å². The van der Waals surface area contributed by atoms with E-state index in [2.05, 4.69) is 28.4 Å². The molecule has 0 spiro atoms. The van der Waals surface area contributed by atoms with E-state index >= 15 is 0 Å². The highest BCUT2D eigenvalue weighted by atomic mass is 32.2. The van der Waals surface area contributed by atoms with Crippen LogP contribution in [-0.2, 0) is 10.0 Å². The number of benzene rings is 3. The molecule has 1 aliphatic heterocycles. The van der Waals surface area contributed by atoms with E-state index in [-0.39, 0.29) is 23.5 Å². The van der Waals surface area contributed by atoms with Gasteiger partial charge in [0.25, 0.3) is 5.91 Å². The second-order valence-corrected chi connectivity index (χ2v) is 10.6. The lowest BCUT2D eigenvalue weighted by molar-refractivity contribution is 0.102. The van der Waals surface area contributed by atoms with Gasteiger partial charge in [0.05, 0.1) is 22.8 Å². The standard InChI is InChI=1S/C27H30FN3O4S/c1-4-35-26-8-6-5-7-24(26)29-27(32)22-18-21(11-12-23(22)28)36(33,34)31-15-13-30(14-16-31)25-17-19(2)9-10-20(25)3/h5-12,17-18H,4,13-16H2,1-3H3,(H,29,32). The van der Waals surface area contributed by atoms with Crippen molar-refractivity contribution in [2.24, 2.45) is 0 Å². The number of aryl methyl sites for hydroxylation is 2. The summed E-state index contributed by atoms with van der Waals surface area (Å²) in [6, 6.07) is 16.3. The molecule has 0 aliphatic carbocycles. The molecule has 1 amide bonds. The molecule has 0 aromatic heterocycles. The number of amides is 1. The zero-order valence-corrected chi connectivity index (χ0v) is 21.4. The van der Waals surface area contributed by atoms with Crippen molar-refractivity contribution in [3.05, 3.63) is 83.2 Å². The first-order valence-corrected chi connectivity index (χ1v) is 13.3. The van der Waals surface area contributed by atoms with Gasteiger partial charge in [-0.2, -0.15) is 4.31 Å². The van der Waals surface area contributed by atoms with E-state index in [4.69, 9.17) is 4.74 Å². The Bertz CT molecular complexity index is 1370. The van der Waals surface area contributed by atoms with Crippen molar-refractivity contribution in [1.29, 1.82) is 0 Å². The molecule has 0 radical (unpaired) electrons. The molecule has 0 unspecified atom stereocenters. The minimum atomic E-state index is -3.91. The third-order valence-corrected chi connectivity index (χ3v) is 8.09. The second kappa shape index (κ2) is 10.7. The lowest BCUT2D eigenvalue weighted by Crippen LogP contribution is -2.48. The maximum Gasteiger partial charge on any atom is 0.258 e. The predicted molar refractivity (Wildman–Crippen MR) is 139 cm³/mol. The summed E-state index contributed by atoms with van der Waals surface area (Å²) in [5.41, 5.74) is 3.40. The Morgan fingerprint density at radius 2 is 1.72 bits per heavy atom. The van der Waals surface area contributed by atoms with Crippen LogP contribution >= 0.6 is 0 Å². The average Bonchev–Trinajstić information content (AvgIpc) is 2.87. The summed E-state index contributed by atoms with van der Waals surface area (Å²) in [5, 5.41) is 2.63. The fraction of sp³-hybridized carbons (Fsp3) is 0.296. The number of hydrogen-bond donors (Lipinski definition) is 1. The maximum atomic E-state index is 14.6. The summed E-state index contributed by atoms with van der Waals surface area (Å²) < 4.78 is 48.2. The number of nitrogens with zero attached hydrogens (tertiary/aromatic N) is 2. The fourth-order valence-electron chi connectivity index (χ4n) is 4.26. The van der Waals surface area contributed by atoms with Crippen LogP contribution in [0, 0.1) is 19.7 Å². The number of para-hydroxylation sites is 2. The molecule has 0 bridgehead atoms. The van der Waals surface area contributed by atoms with Gasteiger partial charge >= 0.3 is 0 Å². The van der Waals surface area contributed by atoms with Crippen molar-refractivity contribution in [1.82, 2.24) is 4.31 Å². The molecule has 0 saturated carbocycles. The smallest absolute Gasteiger partial charge is 0.258 e. The van der Waals surface area contributed by atoms with Crippen LogP contribution in [0.5, 0.6) is 5.75 Å².